The number of nitrogens with one attached hydrogen (secondary N) is 1. The van der Waals surface area contributed by atoms with Crippen LogP contribution in [0.2, 0.25) is 5.02 Å². The van der Waals surface area contributed by atoms with Gasteiger partial charge in [0.1, 0.15) is 12.3 Å². The molecule has 0 aliphatic carbocycles. The molecule has 0 unspecified atom stereocenters. The van der Waals surface area contributed by atoms with Crippen LogP contribution in [-0.2, 0) is 15.1 Å². The molecule has 0 saturated carbocycles. The van der Waals surface area contributed by atoms with E-state index >= 15 is 0 Å². The van der Waals surface area contributed by atoms with Crippen molar-refractivity contribution < 1.29 is 28.7 Å². The topological polar surface area (TPSA) is 84.9 Å². The molecule has 3 aliphatic heterocycles. The Balaban J connectivity index is 1.27. The van der Waals surface area contributed by atoms with Gasteiger partial charge in [0.2, 0.25) is 5.60 Å². The highest BCUT2D eigenvalue weighted by Gasteiger charge is 2.50. The summed E-state index contributed by atoms with van der Waals surface area (Å²) in [5.74, 6) is -0.162. The van der Waals surface area contributed by atoms with Gasteiger partial charge in [0.15, 0.2) is 6.10 Å². The van der Waals surface area contributed by atoms with Gasteiger partial charge in [-0.25, -0.2) is 4.79 Å². The van der Waals surface area contributed by atoms with Crippen LogP contribution in [0.4, 0.5) is 0 Å². The third-order valence-electron chi connectivity index (χ3n) is 8.26. The summed E-state index contributed by atoms with van der Waals surface area (Å²) in [6.07, 6.45) is 1.56. The van der Waals surface area contributed by atoms with Gasteiger partial charge in [-0.15, -0.1) is 0 Å². The molecule has 2 bridgehead atoms. The number of benzene rings is 3. The number of esters is 1. The SMILES string of the molecule is COc1ccc(Cl)cc1C(=O)NCC[N+]12CCC(CC1)[C@@H](OC(=O)C(O)(c1ccccc1)c1ccccc1)C2. The van der Waals surface area contributed by atoms with Crippen LogP contribution < -0.4 is 10.1 Å². The highest BCUT2D eigenvalue weighted by Crippen LogP contribution is 2.38. The Morgan fingerprint density at radius 1 is 1.00 bits per heavy atom. The Bertz CT molecular complexity index is 1270. The largest absolute Gasteiger partial charge is 0.496 e. The molecule has 3 saturated heterocycles. The van der Waals surface area contributed by atoms with Crippen LogP contribution in [0.15, 0.2) is 78.9 Å². The van der Waals surface area contributed by atoms with E-state index < -0.39 is 11.6 Å². The fourth-order valence-corrected chi connectivity index (χ4v) is 6.18. The first kappa shape index (κ1) is 27.2. The van der Waals surface area contributed by atoms with Gasteiger partial charge >= 0.3 is 5.97 Å². The van der Waals surface area contributed by atoms with Crippen LogP contribution >= 0.6 is 11.6 Å². The van der Waals surface area contributed by atoms with Crippen LogP contribution in [0.5, 0.6) is 5.75 Å². The molecule has 3 heterocycles. The molecule has 6 rings (SSSR count). The van der Waals surface area contributed by atoms with E-state index in [0.29, 0.717) is 40.6 Å². The number of methoxy groups -OCH3 is 1. The molecule has 0 aromatic heterocycles. The molecular weight excluding hydrogens is 516 g/mol. The van der Waals surface area contributed by atoms with Crippen molar-refractivity contribution in [1.82, 2.24) is 5.32 Å². The van der Waals surface area contributed by atoms with Gasteiger partial charge in [-0.2, -0.15) is 0 Å². The lowest BCUT2D eigenvalue weighted by Crippen LogP contribution is -2.66. The molecule has 39 heavy (non-hydrogen) atoms. The minimum Gasteiger partial charge on any atom is -0.496 e. The normalized spacial score (nSPS) is 22.2. The zero-order valence-electron chi connectivity index (χ0n) is 22.0. The van der Waals surface area contributed by atoms with Gasteiger partial charge in [0.25, 0.3) is 5.91 Å². The fraction of sp³-hybridized carbons (Fsp3) is 0.355. The van der Waals surface area contributed by atoms with E-state index in [2.05, 4.69) is 5.32 Å². The molecule has 8 heteroatoms. The molecule has 3 aliphatic rings. The number of carbonyl (C=O) groups excluding carboxylic acids is 2. The Morgan fingerprint density at radius 2 is 1.62 bits per heavy atom. The number of amides is 1. The van der Waals surface area contributed by atoms with Crippen molar-refractivity contribution >= 4 is 23.5 Å². The standard InChI is InChI=1S/C31H33ClN2O5/c1-38-27-13-12-25(32)20-26(27)29(35)33-16-19-34-17-14-22(15-18-34)28(21-34)39-30(36)31(37,23-8-4-2-5-9-23)24-10-6-3-7-11-24/h2-13,20,22,28,37H,14-19,21H2,1H3/p+1/t22?,28-,34?/m0/s1. The number of ether oxygens (including phenoxy) is 2. The highest BCUT2D eigenvalue weighted by atomic mass is 35.5. The van der Waals surface area contributed by atoms with Crippen molar-refractivity contribution in [3.05, 3.63) is 101 Å². The Morgan fingerprint density at radius 3 is 2.21 bits per heavy atom. The molecule has 0 radical (unpaired) electrons. The summed E-state index contributed by atoms with van der Waals surface area (Å²) in [7, 11) is 1.52. The van der Waals surface area contributed by atoms with Crippen LogP contribution in [0, 0.1) is 5.92 Å². The van der Waals surface area contributed by atoms with Crippen molar-refractivity contribution in [1.29, 1.82) is 0 Å². The van der Waals surface area contributed by atoms with Crippen molar-refractivity contribution in [2.45, 2.75) is 24.5 Å². The second kappa shape index (κ2) is 11.4. The summed E-state index contributed by atoms with van der Waals surface area (Å²) < 4.78 is 12.2. The third-order valence-corrected chi connectivity index (χ3v) is 8.49. The molecule has 3 aromatic carbocycles. The van der Waals surface area contributed by atoms with E-state index in [4.69, 9.17) is 21.1 Å². The summed E-state index contributed by atoms with van der Waals surface area (Å²) in [6.45, 7) is 3.79. The maximum Gasteiger partial charge on any atom is 0.348 e. The second-order valence-electron chi connectivity index (χ2n) is 10.5. The predicted molar refractivity (Wildman–Crippen MR) is 149 cm³/mol. The fourth-order valence-electron chi connectivity index (χ4n) is 6.01. The summed E-state index contributed by atoms with van der Waals surface area (Å²) in [4.78, 5) is 26.6. The number of aliphatic hydroxyl groups is 1. The Kier molecular flexibility index (Phi) is 7.93. The molecule has 1 atom stereocenters. The maximum atomic E-state index is 13.7. The van der Waals surface area contributed by atoms with Gasteiger partial charge in [-0.3, -0.25) is 4.79 Å². The molecule has 204 valence electrons. The van der Waals surface area contributed by atoms with E-state index in [1.807, 2.05) is 12.1 Å². The Hall–Kier alpha value is -3.39. The Labute approximate surface area is 233 Å². The number of halogens is 1. The summed E-state index contributed by atoms with van der Waals surface area (Å²) in [5.41, 5.74) is -0.546. The zero-order valence-corrected chi connectivity index (χ0v) is 22.8. The number of hydrogen-bond donors (Lipinski definition) is 2. The van der Waals surface area contributed by atoms with Gasteiger partial charge in [0.05, 0.1) is 38.9 Å². The quantitative estimate of drug-likeness (QED) is 0.309. The van der Waals surface area contributed by atoms with Crippen LogP contribution in [0.25, 0.3) is 0 Å². The van der Waals surface area contributed by atoms with E-state index in [9.17, 15) is 14.7 Å². The smallest absolute Gasteiger partial charge is 0.348 e. The van der Waals surface area contributed by atoms with Crippen molar-refractivity contribution in [3.8, 4) is 5.75 Å². The molecular formula is C31H34ClN2O5+. The van der Waals surface area contributed by atoms with Crippen LogP contribution in [0.3, 0.4) is 0 Å². The van der Waals surface area contributed by atoms with Crippen LogP contribution in [0.1, 0.15) is 34.3 Å². The third kappa shape index (κ3) is 5.53. The zero-order chi connectivity index (χ0) is 27.5. The summed E-state index contributed by atoms with van der Waals surface area (Å²) in [6, 6.07) is 22.9. The van der Waals surface area contributed by atoms with E-state index in [0.717, 1.165) is 37.0 Å². The predicted octanol–water partition coefficient (Wildman–Crippen LogP) is 4.17. The van der Waals surface area contributed by atoms with Crippen LogP contribution in [-0.4, -0.2) is 67.4 Å². The lowest BCUT2D eigenvalue weighted by atomic mass is 9.82. The molecule has 7 nitrogen and oxygen atoms in total. The first-order valence-corrected chi connectivity index (χ1v) is 13.7. The molecule has 2 N–H and O–H groups in total. The number of piperidine rings is 3. The average molecular weight is 550 g/mol. The monoisotopic (exact) mass is 549 g/mol. The lowest BCUT2D eigenvalue weighted by molar-refractivity contribution is -0.945. The van der Waals surface area contributed by atoms with Gasteiger partial charge in [0, 0.05) is 23.8 Å². The summed E-state index contributed by atoms with van der Waals surface area (Å²) in [5, 5.41) is 15.3. The first-order valence-electron chi connectivity index (χ1n) is 13.4. The molecule has 0 spiro atoms. The van der Waals surface area contributed by atoms with Gasteiger partial charge < -0.3 is 24.4 Å². The van der Waals surface area contributed by atoms with Crippen molar-refractivity contribution in [2.24, 2.45) is 5.92 Å². The number of nitrogens with zero attached hydrogens (tertiary/aromatic N) is 1. The van der Waals surface area contributed by atoms with Gasteiger partial charge in [-0.1, -0.05) is 72.3 Å². The second-order valence-corrected chi connectivity index (χ2v) is 11.0. The minimum absolute atomic E-state index is 0.238. The van der Waals surface area contributed by atoms with E-state index in [-0.39, 0.29) is 17.9 Å². The highest BCUT2D eigenvalue weighted by molar-refractivity contribution is 6.31. The van der Waals surface area contributed by atoms with Crippen molar-refractivity contribution in [3.63, 3.8) is 0 Å². The minimum atomic E-state index is -1.90. The molecule has 3 aromatic rings. The number of fused-ring (bicyclic) bond motifs is 3. The average Bonchev–Trinajstić information content (AvgIpc) is 2.98. The lowest BCUT2D eigenvalue weighted by Gasteiger charge is -2.52. The first-order chi connectivity index (χ1) is 18.8. The van der Waals surface area contributed by atoms with E-state index in [1.165, 1.54) is 7.11 Å². The maximum absolute atomic E-state index is 13.7. The number of carbonyl (C=O) groups is 2. The number of quaternary nitrogens is 1. The van der Waals surface area contributed by atoms with Gasteiger partial charge in [-0.05, 0) is 29.3 Å². The number of hydrogen-bond acceptors (Lipinski definition) is 5. The summed E-state index contributed by atoms with van der Waals surface area (Å²) >= 11 is 6.09. The van der Waals surface area contributed by atoms with Crippen molar-refractivity contribution in [2.75, 3.05) is 39.8 Å². The molecule has 3 fully saturated rings. The van der Waals surface area contributed by atoms with E-state index in [1.54, 1.807) is 66.7 Å². The molecule has 1 amide bonds. The number of rotatable bonds is 9.